The number of likely N-dealkylation sites (tertiary alicyclic amines) is 1. The number of thiophene rings is 1. The van der Waals surface area contributed by atoms with Gasteiger partial charge in [0.15, 0.2) is 0 Å². The number of benzene rings is 1. The average molecular weight is 427 g/mol. The fourth-order valence-corrected chi connectivity index (χ4v) is 5.95. The van der Waals surface area contributed by atoms with Gasteiger partial charge in [0.05, 0.1) is 18.6 Å². The number of hydrogen-bond donors (Lipinski definition) is 1. The molecule has 1 atom stereocenters. The Bertz CT molecular complexity index is 937. The lowest BCUT2D eigenvalue weighted by Gasteiger charge is -2.32. The molecule has 6 heteroatoms. The molecule has 160 valence electrons. The second-order valence-corrected chi connectivity index (χ2v) is 9.56. The predicted octanol–water partition coefficient (Wildman–Crippen LogP) is 4.57. The summed E-state index contributed by atoms with van der Waals surface area (Å²) in [5.41, 5.74) is 4.21. The van der Waals surface area contributed by atoms with Gasteiger partial charge in [-0.05, 0) is 63.1 Å². The maximum Gasteiger partial charge on any atom is 0.341 e. The lowest BCUT2D eigenvalue weighted by Crippen LogP contribution is -2.40. The van der Waals surface area contributed by atoms with Crippen molar-refractivity contribution >= 4 is 28.2 Å². The number of rotatable bonds is 5. The minimum absolute atomic E-state index is 0.0210. The van der Waals surface area contributed by atoms with E-state index < -0.39 is 0 Å². The zero-order chi connectivity index (χ0) is 21.1. The highest BCUT2D eigenvalue weighted by molar-refractivity contribution is 7.17. The molecule has 1 aromatic heterocycles. The first-order valence-corrected chi connectivity index (χ1v) is 11.7. The highest BCUT2D eigenvalue weighted by atomic mass is 32.1. The van der Waals surface area contributed by atoms with E-state index in [1.165, 1.54) is 23.1 Å². The largest absolute Gasteiger partial charge is 0.465 e. The number of aryl methyl sites for hydroxylation is 2. The number of hydrogen-bond acceptors (Lipinski definition) is 5. The van der Waals surface area contributed by atoms with Crippen LogP contribution in [-0.2, 0) is 28.9 Å². The zero-order valence-electron chi connectivity index (χ0n) is 17.8. The van der Waals surface area contributed by atoms with Crippen molar-refractivity contribution in [1.29, 1.82) is 0 Å². The number of nitrogens with one attached hydrogen (secondary N) is 1. The molecule has 1 N–H and O–H groups in total. The van der Waals surface area contributed by atoms with E-state index in [1.54, 1.807) is 11.3 Å². The molecule has 5 nitrogen and oxygen atoms in total. The van der Waals surface area contributed by atoms with Crippen molar-refractivity contribution in [2.24, 2.45) is 5.92 Å². The number of anilines is 1. The van der Waals surface area contributed by atoms with Gasteiger partial charge in [0.2, 0.25) is 5.91 Å². The molecule has 1 amide bonds. The molecule has 1 aromatic carbocycles. The normalized spacial score (nSPS) is 19.2. The Balaban J connectivity index is 1.46. The van der Waals surface area contributed by atoms with Crippen LogP contribution in [0.1, 0.15) is 57.6 Å². The van der Waals surface area contributed by atoms with Gasteiger partial charge in [-0.1, -0.05) is 29.8 Å². The van der Waals surface area contributed by atoms with Crippen LogP contribution in [-0.4, -0.2) is 37.0 Å². The number of nitrogens with zero attached hydrogens (tertiary/aromatic N) is 1. The summed E-state index contributed by atoms with van der Waals surface area (Å²) >= 11 is 1.56. The van der Waals surface area contributed by atoms with E-state index in [1.807, 2.05) is 0 Å². The monoisotopic (exact) mass is 426 g/mol. The van der Waals surface area contributed by atoms with Gasteiger partial charge in [0.25, 0.3) is 0 Å². The summed E-state index contributed by atoms with van der Waals surface area (Å²) in [5, 5.41) is 3.77. The third-order valence-corrected chi connectivity index (χ3v) is 7.37. The van der Waals surface area contributed by atoms with Gasteiger partial charge in [-0.25, -0.2) is 4.79 Å². The van der Waals surface area contributed by atoms with Gasteiger partial charge in [-0.3, -0.25) is 9.69 Å². The van der Waals surface area contributed by atoms with Crippen LogP contribution < -0.4 is 5.32 Å². The average Bonchev–Trinajstić information content (AvgIpc) is 3.11. The number of piperidine rings is 1. The van der Waals surface area contributed by atoms with E-state index in [0.29, 0.717) is 10.6 Å². The van der Waals surface area contributed by atoms with Crippen molar-refractivity contribution in [3.05, 3.63) is 51.4 Å². The minimum Gasteiger partial charge on any atom is -0.465 e. The molecule has 2 aromatic rings. The van der Waals surface area contributed by atoms with Crippen LogP contribution in [0, 0.1) is 12.8 Å². The van der Waals surface area contributed by atoms with Crippen LogP contribution >= 0.6 is 11.3 Å². The van der Waals surface area contributed by atoms with Crippen molar-refractivity contribution in [2.75, 3.05) is 25.5 Å². The first-order chi connectivity index (χ1) is 14.5. The fourth-order valence-electron chi connectivity index (χ4n) is 4.67. The summed E-state index contributed by atoms with van der Waals surface area (Å²) in [7, 11) is 1.41. The topological polar surface area (TPSA) is 58.6 Å². The maximum absolute atomic E-state index is 13.1. The third kappa shape index (κ3) is 4.60. The first-order valence-electron chi connectivity index (χ1n) is 10.9. The van der Waals surface area contributed by atoms with Crippen LogP contribution in [0.15, 0.2) is 24.3 Å². The maximum atomic E-state index is 13.1. The zero-order valence-corrected chi connectivity index (χ0v) is 18.6. The summed E-state index contributed by atoms with van der Waals surface area (Å²) in [6.45, 7) is 4.73. The molecule has 1 aliphatic carbocycles. The summed E-state index contributed by atoms with van der Waals surface area (Å²) in [6, 6.07) is 8.55. The van der Waals surface area contributed by atoms with E-state index in [0.717, 1.165) is 63.7 Å². The van der Waals surface area contributed by atoms with Gasteiger partial charge in [-0.15, -0.1) is 11.3 Å². The molecule has 2 heterocycles. The lowest BCUT2D eigenvalue weighted by molar-refractivity contribution is -0.121. The highest BCUT2D eigenvalue weighted by Gasteiger charge is 2.30. The summed E-state index contributed by atoms with van der Waals surface area (Å²) < 4.78 is 5.03. The molecular weight excluding hydrogens is 396 g/mol. The number of amides is 1. The molecule has 1 saturated heterocycles. The van der Waals surface area contributed by atoms with Gasteiger partial charge >= 0.3 is 5.97 Å². The Kier molecular flexibility index (Phi) is 6.54. The molecule has 0 saturated carbocycles. The second-order valence-electron chi connectivity index (χ2n) is 8.46. The van der Waals surface area contributed by atoms with Crippen LogP contribution in [0.5, 0.6) is 0 Å². The van der Waals surface area contributed by atoms with Gasteiger partial charge < -0.3 is 10.1 Å². The van der Waals surface area contributed by atoms with Crippen LogP contribution in [0.4, 0.5) is 5.00 Å². The van der Waals surface area contributed by atoms with Gasteiger partial charge in [0, 0.05) is 18.0 Å². The summed E-state index contributed by atoms with van der Waals surface area (Å²) in [4.78, 5) is 29.1. The summed E-state index contributed by atoms with van der Waals surface area (Å²) in [5.74, 6) is -0.379. The lowest BCUT2D eigenvalue weighted by atomic mass is 9.95. The molecule has 2 aliphatic rings. The number of fused-ring (bicyclic) bond motifs is 1. The number of ether oxygens (including phenoxy) is 1. The standard InChI is InChI=1S/C24H30N2O3S/c1-16-7-5-8-17(13-16)14-26-12-6-9-18(15-26)22(27)25-23-21(24(28)29-2)19-10-3-4-11-20(19)30-23/h5,7-8,13,18H,3-4,6,9-12,14-15H2,1-2H3,(H,25,27). The molecule has 1 aliphatic heterocycles. The minimum atomic E-state index is -0.339. The number of esters is 1. The quantitative estimate of drug-likeness (QED) is 0.712. The molecule has 1 unspecified atom stereocenters. The van der Waals surface area contributed by atoms with Crippen LogP contribution in [0.2, 0.25) is 0 Å². The van der Waals surface area contributed by atoms with E-state index in [2.05, 4.69) is 41.4 Å². The van der Waals surface area contributed by atoms with Crippen LogP contribution in [0.25, 0.3) is 0 Å². The summed E-state index contributed by atoms with van der Waals surface area (Å²) in [6.07, 6.45) is 5.98. The Morgan fingerprint density at radius 1 is 1.23 bits per heavy atom. The Hall–Kier alpha value is -2.18. The van der Waals surface area contributed by atoms with Crippen molar-refractivity contribution in [3.8, 4) is 0 Å². The number of carbonyl (C=O) groups is 2. The SMILES string of the molecule is COC(=O)c1c(NC(=O)C2CCCN(Cc3cccc(C)c3)C2)sc2c1CCCC2. The van der Waals surface area contributed by atoms with E-state index in [-0.39, 0.29) is 17.8 Å². The predicted molar refractivity (Wildman–Crippen MR) is 120 cm³/mol. The molecule has 30 heavy (non-hydrogen) atoms. The van der Waals surface area contributed by atoms with Gasteiger partial charge in [-0.2, -0.15) is 0 Å². The number of methoxy groups -OCH3 is 1. The van der Waals surface area contributed by atoms with E-state index in [4.69, 9.17) is 4.74 Å². The van der Waals surface area contributed by atoms with Crippen molar-refractivity contribution in [3.63, 3.8) is 0 Å². The van der Waals surface area contributed by atoms with Crippen molar-refractivity contribution < 1.29 is 14.3 Å². The molecule has 0 spiro atoms. The molecule has 0 bridgehead atoms. The van der Waals surface area contributed by atoms with Gasteiger partial charge in [0.1, 0.15) is 5.00 Å². The smallest absolute Gasteiger partial charge is 0.341 e. The molecule has 1 fully saturated rings. The fraction of sp³-hybridized carbons (Fsp3) is 0.500. The molecule has 0 radical (unpaired) electrons. The van der Waals surface area contributed by atoms with Crippen molar-refractivity contribution in [2.45, 2.75) is 52.0 Å². The third-order valence-electron chi connectivity index (χ3n) is 6.16. The second kappa shape index (κ2) is 9.31. The van der Waals surface area contributed by atoms with Crippen molar-refractivity contribution in [1.82, 2.24) is 4.90 Å². The molecular formula is C24H30N2O3S. The highest BCUT2D eigenvalue weighted by Crippen LogP contribution is 2.39. The Morgan fingerprint density at radius 3 is 2.87 bits per heavy atom. The van der Waals surface area contributed by atoms with Crippen LogP contribution in [0.3, 0.4) is 0 Å². The first kappa shape index (κ1) is 21.1. The number of carbonyl (C=O) groups excluding carboxylic acids is 2. The van der Waals surface area contributed by atoms with E-state index >= 15 is 0 Å². The Labute approximate surface area is 182 Å². The molecule has 4 rings (SSSR count). The van der Waals surface area contributed by atoms with E-state index in [9.17, 15) is 9.59 Å². The Morgan fingerprint density at radius 2 is 2.07 bits per heavy atom.